The number of halogens is 2. The first-order valence-electron chi connectivity index (χ1n) is 6.29. The van der Waals surface area contributed by atoms with Crippen LogP contribution < -0.4 is 5.32 Å². The summed E-state index contributed by atoms with van der Waals surface area (Å²) in [5.74, 6) is 0. The molecule has 0 spiro atoms. The minimum Gasteiger partial charge on any atom is -0.444 e. The highest BCUT2D eigenvalue weighted by molar-refractivity contribution is 6.30. The molecule has 0 fully saturated rings. The van der Waals surface area contributed by atoms with E-state index in [4.69, 9.17) is 16.3 Å². The van der Waals surface area contributed by atoms with Crippen molar-refractivity contribution in [1.29, 1.82) is 0 Å². The summed E-state index contributed by atoms with van der Waals surface area (Å²) >= 11 is 5.78. The van der Waals surface area contributed by atoms with Crippen LogP contribution in [0.5, 0.6) is 0 Å². The van der Waals surface area contributed by atoms with Crippen molar-refractivity contribution in [3.63, 3.8) is 0 Å². The Balaban J connectivity index is 2.48. The van der Waals surface area contributed by atoms with Crippen LogP contribution in [0, 0.1) is 0 Å². The molecule has 0 heterocycles. The topological polar surface area (TPSA) is 38.3 Å². The van der Waals surface area contributed by atoms with Crippen molar-refractivity contribution in [3.05, 3.63) is 46.8 Å². The van der Waals surface area contributed by atoms with Crippen LogP contribution in [0.3, 0.4) is 0 Å². The van der Waals surface area contributed by atoms with Crippen LogP contribution in [0.1, 0.15) is 26.3 Å². The van der Waals surface area contributed by atoms with Crippen molar-refractivity contribution in [3.8, 4) is 0 Å². The fourth-order valence-electron chi connectivity index (χ4n) is 1.50. The lowest BCUT2D eigenvalue weighted by molar-refractivity contribution is 0.0532. The standard InChI is InChI=1S/C15H19ClFNO2/c1-15(2,3)20-14(19)18-10-12(9-17)8-11-4-6-13(16)7-5-11/h4-7,9H,8,10H2,1-3H3,(H,18,19)/b12-9-. The fourth-order valence-corrected chi connectivity index (χ4v) is 1.63. The quantitative estimate of drug-likeness (QED) is 0.902. The number of amides is 1. The van der Waals surface area contributed by atoms with Crippen molar-refractivity contribution in [1.82, 2.24) is 5.32 Å². The van der Waals surface area contributed by atoms with Gasteiger partial charge >= 0.3 is 6.09 Å². The van der Waals surface area contributed by atoms with E-state index in [0.717, 1.165) is 5.56 Å². The Kier molecular flexibility index (Phi) is 6.02. The monoisotopic (exact) mass is 299 g/mol. The Hall–Kier alpha value is -1.55. The molecule has 1 aromatic rings. The van der Waals surface area contributed by atoms with Gasteiger partial charge in [0.2, 0.25) is 0 Å². The van der Waals surface area contributed by atoms with E-state index in [1.165, 1.54) is 0 Å². The molecule has 0 aliphatic heterocycles. The summed E-state index contributed by atoms with van der Waals surface area (Å²) < 4.78 is 17.9. The molecule has 0 radical (unpaired) electrons. The molecule has 20 heavy (non-hydrogen) atoms. The lowest BCUT2D eigenvalue weighted by atomic mass is 10.1. The van der Waals surface area contributed by atoms with Gasteiger partial charge in [0.25, 0.3) is 0 Å². The second-order valence-corrected chi connectivity index (χ2v) is 5.86. The molecule has 0 aromatic heterocycles. The lowest BCUT2D eigenvalue weighted by Crippen LogP contribution is -2.33. The van der Waals surface area contributed by atoms with E-state index in [-0.39, 0.29) is 6.54 Å². The molecule has 0 saturated heterocycles. The molecule has 110 valence electrons. The average molecular weight is 300 g/mol. The largest absolute Gasteiger partial charge is 0.444 e. The maximum atomic E-state index is 12.8. The van der Waals surface area contributed by atoms with Crippen LogP contribution in [-0.2, 0) is 11.2 Å². The molecule has 0 bridgehead atoms. The molecule has 0 aliphatic rings. The summed E-state index contributed by atoms with van der Waals surface area (Å²) in [7, 11) is 0. The minimum atomic E-state index is -0.570. The third-order valence-electron chi connectivity index (χ3n) is 2.36. The summed E-state index contributed by atoms with van der Waals surface area (Å²) in [5, 5.41) is 3.16. The smallest absolute Gasteiger partial charge is 0.407 e. The van der Waals surface area contributed by atoms with E-state index in [2.05, 4.69) is 5.32 Å². The van der Waals surface area contributed by atoms with Gasteiger partial charge in [-0.15, -0.1) is 0 Å². The summed E-state index contributed by atoms with van der Waals surface area (Å²) in [6, 6.07) is 7.13. The number of hydrogen-bond acceptors (Lipinski definition) is 2. The van der Waals surface area contributed by atoms with Gasteiger partial charge in [0.05, 0.1) is 6.33 Å². The highest BCUT2D eigenvalue weighted by Gasteiger charge is 2.16. The maximum Gasteiger partial charge on any atom is 0.407 e. The molecular formula is C15H19ClFNO2. The number of ether oxygens (including phenoxy) is 1. The molecule has 0 aliphatic carbocycles. The van der Waals surface area contributed by atoms with E-state index in [0.29, 0.717) is 23.3 Å². The van der Waals surface area contributed by atoms with Gasteiger partial charge in [-0.05, 0) is 50.5 Å². The minimum absolute atomic E-state index is 0.105. The predicted octanol–water partition coefficient (Wildman–Crippen LogP) is 4.26. The highest BCUT2D eigenvalue weighted by Crippen LogP contribution is 2.13. The second-order valence-electron chi connectivity index (χ2n) is 5.43. The molecule has 5 heteroatoms. The van der Waals surface area contributed by atoms with Gasteiger partial charge in [0.15, 0.2) is 0 Å². The highest BCUT2D eigenvalue weighted by atomic mass is 35.5. The Morgan fingerprint density at radius 2 is 1.95 bits per heavy atom. The van der Waals surface area contributed by atoms with E-state index in [1.807, 2.05) is 12.1 Å². The third kappa shape index (κ3) is 6.57. The van der Waals surface area contributed by atoms with Gasteiger partial charge in [-0.1, -0.05) is 23.7 Å². The van der Waals surface area contributed by atoms with Gasteiger partial charge in [0, 0.05) is 11.6 Å². The zero-order chi connectivity index (χ0) is 15.2. The summed E-state index contributed by atoms with van der Waals surface area (Å²) in [5.41, 5.74) is 0.808. The van der Waals surface area contributed by atoms with Crippen LogP contribution in [0.2, 0.25) is 5.02 Å². The van der Waals surface area contributed by atoms with Gasteiger partial charge in [-0.25, -0.2) is 9.18 Å². The van der Waals surface area contributed by atoms with E-state index in [9.17, 15) is 9.18 Å². The summed E-state index contributed by atoms with van der Waals surface area (Å²) in [6.07, 6.45) is 0.350. The molecule has 0 saturated carbocycles. The number of rotatable bonds is 4. The average Bonchev–Trinajstić information content (AvgIpc) is 2.34. The molecule has 0 unspecified atom stereocenters. The normalized spacial score (nSPS) is 12.2. The molecule has 1 N–H and O–H groups in total. The van der Waals surface area contributed by atoms with Crippen molar-refractivity contribution in [2.24, 2.45) is 0 Å². The lowest BCUT2D eigenvalue weighted by Gasteiger charge is -2.20. The first kappa shape index (κ1) is 16.5. The van der Waals surface area contributed by atoms with Crippen molar-refractivity contribution < 1.29 is 13.9 Å². The number of alkyl carbamates (subject to hydrolysis) is 1. The fraction of sp³-hybridized carbons (Fsp3) is 0.400. The maximum absolute atomic E-state index is 12.8. The van der Waals surface area contributed by atoms with E-state index >= 15 is 0 Å². The molecule has 1 aromatic carbocycles. The Bertz CT molecular complexity index is 478. The van der Waals surface area contributed by atoms with Crippen molar-refractivity contribution in [2.45, 2.75) is 32.8 Å². The van der Waals surface area contributed by atoms with Gasteiger partial charge in [-0.2, -0.15) is 0 Å². The number of hydrogen-bond donors (Lipinski definition) is 1. The van der Waals surface area contributed by atoms with Crippen LogP contribution >= 0.6 is 11.6 Å². The van der Waals surface area contributed by atoms with E-state index in [1.54, 1.807) is 32.9 Å². The van der Waals surface area contributed by atoms with Gasteiger partial charge in [0.1, 0.15) is 5.60 Å². The first-order valence-corrected chi connectivity index (χ1v) is 6.67. The number of carbonyl (C=O) groups excluding carboxylic acids is 1. The zero-order valence-corrected chi connectivity index (χ0v) is 12.6. The van der Waals surface area contributed by atoms with Crippen molar-refractivity contribution in [2.75, 3.05) is 6.54 Å². The number of benzene rings is 1. The Labute approximate surface area is 123 Å². The SMILES string of the molecule is CC(C)(C)OC(=O)NC/C(=C\F)Cc1ccc(Cl)cc1. The number of nitrogens with one attached hydrogen (secondary N) is 1. The van der Waals surface area contributed by atoms with Crippen molar-refractivity contribution >= 4 is 17.7 Å². The summed E-state index contributed by atoms with van der Waals surface area (Å²) in [6.45, 7) is 5.42. The van der Waals surface area contributed by atoms with Crippen LogP contribution in [0.15, 0.2) is 36.2 Å². The third-order valence-corrected chi connectivity index (χ3v) is 2.61. The first-order chi connectivity index (χ1) is 9.30. The zero-order valence-electron chi connectivity index (χ0n) is 11.9. The Morgan fingerprint density at radius 3 is 2.45 bits per heavy atom. The van der Waals surface area contributed by atoms with Gasteiger partial charge < -0.3 is 10.1 Å². The van der Waals surface area contributed by atoms with Crippen LogP contribution in [0.25, 0.3) is 0 Å². The molecule has 1 amide bonds. The molecule has 1 rings (SSSR count). The summed E-state index contributed by atoms with van der Waals surface area (Å²) in [4.78, 5) is 11.5. The Morgan fingerprint density at radius 1 is 1.35 bits per heavy atom. The van der Waals surface area contributed by atoms with E-state index < -0.39 is 11.7 Å². The van der Waals surface area contributed by atoms with Crippen LogP contribution in [0.4, 0.5) is 9.18 Å². The predicted molar refractivity (Wildman–Crippen MR) is 78.6 cm³/mol. The van der Waals surface area contributed by atoms with Gasteiger partial charge in [-0.3, -0.25) is 0 Å². The molecular weight excluding hydrogens is 281 g/mol. The van der Waals surface area contributed by atoms with Crippen LogP contribution in [-0.4, -0.2) is 18.2 Å². The number of carbonyl (C=O) groups is 1. The second kappa shape index (κ2) is 7.29. The molecule has 3 nitrogen and oxygen atoms in total. The molecule has 0 atom stereocenters.